The van der Waals surface area contributed by atoms with Crippen molar-refractivity contribution in [3.63, 3.8) is 0 Å². The first kappa shape index (κ1) is 22.3. The zero-order chi connectivity index (χ0) is 22.4. The summed E-state index contributed by atoms with van der Waals surface area (Å²) < 4.78 is 10.2. The van der Waals surface area contributed by atoms with Gasteiger partial charge in [0.2, 0.25) is 5.91 Å². The number of carbonyl (C=O) groups is 3. The minimum Gasteiger partial charge on any atom is -0.480 e. The molecule has 0 saturated heterocycles. The number of benzene rings is 2. The van der Waals surface area contributed by atoms with Crippen molar-refractivity contribution in [3.05, 3.63) is 59.7 Å². The highest BCUT2D eigenvalue weighted by molar-refractivity contribution is 5.84. The summed E-state index contributed by atoms with van der Waals surface area (Å²) in [5.41, 5.74) is 4.51. The molecule has 2 amide bonds. The van der Waals surface area contributed by atoms with Crippen LogP contribution in [0.15, 0.2) is 48.5 Å². The van der Waals surface area contributed by atoms with Gasteiger partial charge in [0.15, 0.2) is 6.04 Å². The number of carboxylic acids is 1. The van der Waals surface area contributed by atoms with Crippen LogP contribution in [0.1, 0.15) is 30.4 Å². The number of methoxy groups -OCH3 is 1. The van der Waals surface area contributed by atoms with Crippen molar-refractivity contribution in [2.45, 2.75) is 31.3 Å². The molecule has 164 valence electrons. The zero-order valence-corrected chi connectivity index (χ0v) is 17.5. The third-order valence-electron chi connectivity index (χ3n) is 5.17. The predicted molar refractivity (Wildman–Crippen MR) is 114 cm³/mol. The average Bonchev–Trinajstić information content (AvgIpc) is 3.05. The molecular formula is C23H26N2O6. The van der Waals surface area contributed by atoms with E-state index >= 15 is 0 Å². The van der Waals surface area contributed by atoms with Gasteiger partial charge in [0, 0.05) is 25.5 Å². The summed E-state index contributed by atoms with van der Waals surface area (Å²) >= 11 is 0. The van der Waals surface area contributed by atoms with E-state index in [1.165, 1.54) is 7.11 Å². The number of hydrogen-bond acceptors (Lipinski definition) is 5. The van der Waals surface area contributed by atoms with Gasteiger partial charge in [-0.3, -0.25) is 4.79 Å². The Morgan fingerprint density at radius 3 is 2.13 bits per heavy atom. The average molecular weight is 426 g/mol. The fourth-order valence-electron chi connectivity index (χ4n) is 3.77. The number of hydrogen-bond donors (Lipinski definition) is 3. The third kappa shape index (κ3) is 5.40. The lowest BCUT2D eigenvalue weighted by molar-refractivity contribution is -0.143. The molecule has 0 unspecified atom stereocenters. The number of nitrogens with one attached hydrogen (secondary N) is 2. The molecule has 0 heterocycles. The van der Waals surface area contributed by atoms with E-state index in [9.17, 15) is 14.4 Å². The SMILES string of the molecule is COC[C@H](NC(=O)C[C@H](C)NC(=O)OCC1c2ccccc2-c2ccccc21)C(=O)O. The van der Waals surface area contributed by atoms with E-state index in [1.807, 2.05) is 36.4 Å². The standard InChI is InChI=1S/C23H26N2O6/c1-14(11-21(26)25-20(13-30-2)22(27)28)24-23(29)31-12-19-17-9-5-3-7-15(17)16-8-4-6-10-18(16)19/h3-10,14,19-20H,11-13H2,1-2H3,(H,24,29)(H,25,26)(H,27,28)/t14-,20-/m0/s1. The van der Waals surface area contributed by atoms with E-state index in [1.54, 1.807) is 6.92 Å². The molecule has 0 saturated carbocycles. The Balaban J connectivity index is 1.52. The number of carbonyl (C=O) groups excluding carboxylic acids is 2. The normalized spacial score (nSPS) is 14.1. The van der Waals surface area contributed by atoms with Gasteiger partial charge < -0.3 is 25.2 Å². The Morgan fingerprint density at radius 1 is 1.00 bits per heavy atom. The van der Waals surface area contributed by atoms with Crippen molar-refractivity contribution in [2.24, 2.45) is 0 Å². The molecule has 31 heavy (non-hydrogen) atoms. The number of amides is 2. The molecule has 0 bridgehead atoms. The van der Waals surface area contributed by atoms with Gasteiger partial charge in [0.25, 0.3) is 0 Å². The van der Waals surface area contributed by atoms with Gasteiger partial charge in [-0.25, -0.2) is 9.59 Å². The first-order valence-corrected chi connectivity index (χ1v) is 10.0. The Hall–Kier alpha value is -3.39. The molecule has 0 radical (unpaired) electrons. The van der Waals surface area contributed by atoms with E-state index in [-0.39, 0.29) is 25.6 Å². The molecule has 2 aromatic rings. The fourth-order valence-corrected chi connectivity index (χ4v) is 3.77. The van der Waals surface area contributed by atoms with Crippen molar-refractivity contribution in [2.75, 3.05) is 20.3 Å². The molecule has 0 fully saturated rings. The summed E-state index contributed by atoms with van der Waals surface area (Å²) in [6.45, 7) is 1.68. The smallest absolute Gasteiger partial charge is 0.407 e. The van der Waals surface area contributed by atoms with E-state index in [4.69, 9.17) is 14.6 Å². The lowest BCUT2D eigenvalue weighted by atomic mass is 9.98. The van der Waals surface area contributed by atoms with Crippen molar-refractivity contribution in [3.8, 4) is 11.1 Å². The van der Waals surface area contributed by atoms with Crippen LogP contribution in [0.5, 0.6) is 0 Å². The van der Waals surface area contributed by atoms with Crippen molar-refractivity contribution in [1.82, 2.24) is 10.6 Å². The second-order valence-electron chi connectivity index (χ2n) is 7.49. The molecule has 3 N–H and O–H groups in total. The molecule has 8 nitrogen and oxygen atoms in total. The first-order chi connectivity index (χ1) is 14.9. The summed E-state index contributed by atoms with van der Waals surface area (Å²) in [5, 5.41) is 14.0. The van der Waals surface area contributed by atoms with E-state index < -0.39 is 30.1 Å². The van der Waals surface area contributed by atoms with Crippen molar-refractivity contribution >= 4 is 18.0 Å². The van der Waals surface area contributed by atoms with Crippen LogP contribution in [-0.2, 0) is 19.1 Å². The molecular weight excluding hydrogens is 400 g/mol. The Bertz CT molecular complexity index is 915. The fraction of sp³-hybridized carbons (Fsp3) is 0.348. The molecule has 1 aliphatic carbocycles. The number of ether oxygens (including phenoxy) is 2. The minimum atomic E-state index is -1.19. The number of fused-ring (bicyclic) bond motifs is 3. The van der Waals surface area contributed by atoms with Crippen LogP contribution in [0.4, 0.5) is 4.79 Å². The van der Waals surface area contributed by atoms with Gasteiger partial charge in [-0.2, -0.15) is 0 Å². The molecule has 0 aromatic heterocycles. The monoisotopic (exact) mass is 426 g/mol. The van der Waals surface area contributed by atoms with Gasteiger partial charge in [0.1, 0.15) is 6.61 Å². The van der Waals surface area contributed by atoms with Gasteiger partial charge in [-0.1, -0.05) is 48.5 Å². The largest absolute Gasteiger partial charge is 0.480 e. The summed E-state index contributed by atoms with van der Waals surface area (Å²) in [6.07, 6.45) is -0.716. The quantitative estimate of drug-likeness (QED) is 0.568. The zero-order valence-electron chi connectivity index (χ0n) is 17.5. The molecule has 2 atom stereocenters. The van der Waals surface area contributed by atoms with Crippen LogP contribution in [0, 0.1) is 0 Å². The van der Waals surface area contributed by atoms with E-state index in [0.29, 0.717) is 0 Å². The van der Waals surface area contributed by atoms with Crippen molar-refractivity contribution in [1.29, 1.82) is 0 Å². The van der Waals surface area contributed by atoms with Gasteiger partial charge >= 0.3 is 12.1 Å². The van der Waals surface area contributed by atoms with Crippen LogP contribution in [0.25, 0.3) is 11.1 Å². The second kappa shape index (κ2) is 10.1. The number of rotatable bonds is 9. The predicted octanol–water partition coefficient (Wildman–Crippen LogP) is 2.52. The van der Waals surface area contributed by atoms with E-state index in [0.717, 1.165) is 22.3 Å². The first-order valence-electron chi connectivity index (χ1n) is 10.0. The Kier molecular flexibility index (Phi) is 7.25. The molecule has 1 aliphatic rings. The molecule has 0 aliphatic heterocycles. The van der Waals surface area contributed by atoms with Crippen LogP contribution in [0.2, 0.25) is 0 Å². The van der Waals surface area contributed by atoms with Gasteiger partial charge in [-0.05, 0) is 29.2 Å². The minimum absolute atomic E-state index is 0.0536. The molecule has 3 rings (SSSR count). The maximum absolute atomic E-state index is 12.3. The van der Waals surface area contributed by atoms with Gasteiger partial charge in [-0.15, -0.1) is 0 Å². The maximum atomic E-state index is 12.3. The Labute approximate surface area is 180 Å². The summed E-state index contributed by atoms with van der Waals surface area (Å²) in [7, 11) is 1.35. The summed E-state index contributed by atoms with van der Waals surface area (Å²) in [6, 6.07) is 14.4. The third-order valence-corrected chi connectivity index (χ3v) is 5.17. The lowest BCUT2D eigenvalue weighted by Gasteiger charge is -2.18. The topological polar surface area (TPSA) is 114 Å². The van der Waals surface area contributed by atoms with Crippen LogP contribution in [-0.4, -0.2) is 55.5 Å². The highest BCUT2D eigenvalue weighted by Crippen LogP contribution is 2.44. The second-order valence-corrected chi connectivity index (χ2v) is 7.49. The summed E-state index contributed by atoms with van der Waals surface area (Å²) in [5.74, 6) is -1.75. The number of carboxylic acid groups (broad SMARTS) is 1. The number of alkyl carbamates (subject to hydrolysis) is 1. The van der Waals surface area contributed by atoms with Crippen LogP contribution >= 0.6 is 0 Å². The maximum Gasteiger partial charge on any atom is 0.407 e. The van der Waals surface area contributed by atoms with Crippen molar-refractivity contribution < 1.29 is 29.0 Å². The van der Waals surface area contributed by atoms with Crippen LogP contribution < -0.4 is 10.6 Å². The summed E-state index contributed by atoms with van der Waals surface area (Å²) in [4.78, 5) is 35.4. The lowest BCUT2D eigenvalue weighted by Crippen LogP contribution is -2.46. The molecule has 2 aromatic carbocycles. The Morgan fingerprint density at radius 2 is 1.58 bits per heavy atom. The van der Waals surface area contributed by atoms with Crippen LogP contribution in [0.3, 0.4) is 0 Å². The number of aliphatic carboxylic acids is 1. The van der Waals surface area contributed by atoms with E-state index in [2.05, 4.69) is 22.8 Å². The highest BCUT2D eigenvalue weighted by atomic mass is 16.5. The highest BCUT2D eigenvalue weighted by Gasteiger charge is 2.29. The van der Waals surface area contributed by atoms with Gasteiger partial charge in [0.05, 0.1) is 6.61 Å². The molecule has 8 heteroatoms. The molecule has 0 spiro atoms.